The Morgan fingerprint density at radius 1 is 1.12 bits per heavy atom. The number of carbonyl (C=O) groups excluding carboxylic acids is 2. The van der Waals surface area contributed by atoms with Gasteiger partial charge in [-0.15, -0.1) is 0 Å². The molecule has 2 heterocycles. The highest BCUT2D eigenvalue weighted by atomic mass is 35.5. The molecule has 5 nitrogen and oxygen atoms in total. The number of hydrogen-bond acceptors (Lipinski definition) is 5. The molecule has 0 unspecified atom stereocenters. The first-order valence-corrected chi connectivity index (χ1v) is 9.56. The lowest BCUT2D eigenvalue weighted by molar-refractivity contribution is -0.124. The zero-order valence-electron chi connectivity index (χ0n) is 13.4. The van der Waals surface area contributed by atoms with Gasteiger partial charge in [-0.2, -0.15) is 10.1 Å². The lowest BCUT2D eigenvalue weighted by Crippen LogP contribution is -2.32. The van der Waals surface area contributed by atoms with E-state index in [1.807, 2.05) is 36.4 Å². The summed E-state index contributed by atoms with van der Waals surface area (Å²) in [4.78, 5) is 26.6. The van der Waals surface area contributed by atoms with Crippen molar-refractivity contribution in [3.63, 3.8) is 0 Å². The van der Waals surface area contributed by atoms with E-state index in [2.05, 4.69) is 5.10 Å². The van der Waals surface area contributed by atoms with Crippen molar-refractivity contribution >= 4 is 63.1 Å². The minimum Gasteiger partial charge on any atom is -0.302 e. The van der Waals surface area contributed by atoms with Crippen LogP contribution in [0.25, 0.3) is 0 Å². The van der Waals surface area contributed by atoms with Gasteiger partial charge in [0.05, 0.1) is 18.0 Å². The van der Waals surface area contributed by atoms with Gasteiger partial charge in [0.2, 0.25) is 0 Å². The van der Waals surface area contributed by atoms with Crippen LogP contribution in [0.4, 0.5) is 5.69 Å². The van der Waals surface area contributed by atoms with Crippen molar-refractivity contribution in [3.05, 3.63) is 64.7 Å². The minimum absolute atomic E-state index is 0.214. The maximum absolute atomic E-state index is 13.0. The van der Waals surface area contributed by atoms with Crippen LogP contribution in [0.5, 0.6) is 0 Å². The topological polar surface area (TPSA) is 53.0 Å². The molecule has 0 atom stereocenters. The van der Waals surface area contributed by atoms with Crippen LogP contribution in [-0.4, -0.2) is 32.6 Å². The molecule has 4 rings (SSSR count). The van der Waals surface area contributed by atoms with Crippen molar-refractivity contribution in [2.24, 2.45) is 5.10 Å². The SMILES string of the molecule is O=C1CSC(=S)N1N=C1C(=O)N(Cc2ccc(Cl)cc2)c2ccccc21. The molecule has 26 heavy (non-hydrogen) atoms. The van der Waals surface area contributed by atoms with E-state index in [4.69, 9.17) is 23.8 Å². The first-order chi connectivity index (χ1) is 12.5. The summed E-state index contributed by atoms with van der Waals surface area (Å²) in [6.07, 6.45) is 0. The standard InChI is InChI=1S/C18H12ClN3O2S2/c19-12-7-5-11(6-8-12)9-21-14-4-2-1-3-13(14)16(17(21)24)20-22-15(23)10-26-18(22)25/h1-8H,9-10H2. The van der Waals surface area contributed by atoms with E-state index in [-0.39, 0.29) is 23.3 Å². The average molecular weight is 402 g/mol. The lowest BCUT2D eigenvalue weighted by Gasteiger charge is -2.17. The van der Waals surface area contributed by atoms with Gasteiger partial charge >= 0.3 is 0 Å². The van der Waals surface area contributed by atoms with E-state index in [1.54, 1.807) is 17.0 Å². The summed E-state index contributed by atoms with van der Waals surface area (Å²) in [7, 11) is 0. The summed E-state index contributed by atoms with van der Waals surface area (Å²) < 4.78 is 0.365. The summed E-state index contributed by atoms with van der Waals surface area (Å²) in [6.45, 7) is 0.388. The van der Waals surface area contributed by atoms with Gasteiger partial charge in [0.25, 0.3) is 11.8 Å². The van der Waals surface area contributed by atoms with E-state index >= 15 is 0 Å². The number of benzene rings is 2. The van der Waals surface area contributed by atoms with E-state index in [9.17, 15) is 9.59 Å². The molecule has 0 N–H and O–H groups in total. The van der Waals surface area contributed by atoms with Crippen LogP contribution < -0.4 is 4.90 Å². The Kier molecular flexibility index (Phi) is 4.52. The maximum Gasteiger partial charge on any atom is 0.279 e. The van der Waals surface area contributed by atoms with Gasteiger partial charge in [-0.25, -0.2) is 0 Å². The molecule has 0 aromatic heterocycles. The van der Waals surface area contributed by atoms with Crippen molar-refractivity contribution in [2.75, 3.05) is 10.7 Å². The summed E-state index contributed by atoms with van der Waals surface area (Å²) in [6, 6.07) is 14.7. The Labute approximate surface area is 164 Å². The molecule has 1 fully saturated rings. The number of fused-ring (bicyclic) bond motifs is 1. The van der Waals surface area contributed by atoms with Crippen LogP contribution in [0.3, 0.4) is 0 Å². The molecule has 1 saturated heterocycles. The van der Waals surface area contributed by atoms with Crippen molar-refractivity contribution in [3.8, 4) is 0 Å². The first kappa shape index (κ1) is 17.2. The summed E-state index contributed by atoms with van der Waals surface area (Å²) in [5.41, 5.74) is 2.63. The van der Waals surface area contributed by atoms with Gasteiger partial charge in [0.1, 0.15) is 0 Å². The second kappa shape index (κ2) is 6.83. The third-order valence-corrected chi connectivity index (χ3v) is 5.67. The van der Waals surface area contributed by atoms with Crippen molar-refractivity contribution in [2.45, 2.75) is 6.54 Å². The number of nitrogens with zero attached hydrogens (tertiary/aromatic N) is 3. The van der Waals surface area contributed by atoms with Crippen molar-refractivity contribution in [1.29, 1.82) is 0 Å². The van der Waals surface area contributed by atoms with Gasteiger partial charge in [0.15, 0.2) is 10.0 Å². The number of para-hydroxylation sites is 1. The smallest absolute Gasteiger partial charge is 0.279 e. The molecule has 2 amide bonds. The molecular formula is C18H12ClN3O2S2. The number of hydrazone groups is 1. The molecule has 0 radical (unpaired) electrons. The van der Waals surface area contributed by atoms with Gasteiger partial charge in [0, 0.05) is 10.6 Å². The van der Waals surface area contributed by atoms with Crippen LogP contribution in [0.1, 0.15) is 11.1 Å². The molecule has 0 saturated carbocycles. The number of hydrogen-bond donors (Lipinski definition) is 0. The Bertz CT molecular complexity index is 943. The summed E-state index contributed by atoms with van der Waals surface area (Å²) in [5, 5.41) is 6.08. The maximum atomic E-state index is 13.0. The minimum atomic E-state index is -0.256. The van der Waals surface area contributed by atoms with Gasteiger partial charge in [-0.1, -0.05) is 65.9 Å². The highest BCUT2D eigenvalue weighted by Crippen LogP contribution is 2.32. The van der Waals surface area contributed by atoms with Crippen LogP contribution >= 0.6 is 35.6 Å². The number of anilines is 1. The Balaban J connectivity index is 1.72. The normalized spacial score (nSPS) is 18.2. The molecule has 8 heteroatoms. The molecule has 2 aliphatic rings. The number of thioether (sulfide) groups is 1. The molecular weight excluding hydrogens is 390 g/mol. The molecule has 2 aromatic rings. The first-order valence-electron chi connectivity index (χ1n) is 7.78. The fourth-order valence-electron chi connectivity index (χ4n) is 2.83. The van der Waals surface area contributed by atoms with E-state index in [1.165, 1.54) is 11.8 Å². The van der Waals surface area contributed by atoms with E-state index < -0.39 is 0 Å². The monoisotopic (exact) mass is 401 g/mol. The zero-order valence-corrected chi connectivity index (χ0v) is 15.8. The quantitative estimate of drug-likeness (QED) is 0.739. The van der Waals surface area contributed by atoms with E-state index in [0.717, 1.165) is 16.3 Å². The Morgan fingerprint density at radius 2 is 1.85 bits per heavy atom. The molecule has 2 aromatic carbocycles. The molecule has 0 aliphatic carbocycles. The lowest BCUT2D eigenvalue weighted by atomic mass is 10.1. The fraction of sp³-hybridized carbons (Fsp3) is 0.111. The predicted octanol–water partition coefficient (Wildman–Crippen LogP) is 3.45. The zero-order chi connectivity index (χ0) is 18.3. The highest BCUT2D eigenvalue weighted by Gasteiger charge is 2.36. The number of thiocarbonyl (C=S) groups is 1. The highest BCUT2D eigenvalue weighted by molar-refractivity contribution is 8.23. The third-order valence-electron chi connectivity index (χ3n) is 4.08. The van der Waals surface area contributed by atoms with Crippen LogP contribution in [-0.2, 0) is 16.1 Å². The van der Waals surface area contributed by atoms with Gasteiger partial charge < -0.3 is 4.90 Å². The molecule has 2 aliphatic heterocycles. The molecule has 0 bridgehead atoms. The van der Waals surface area contributed by atoms with E-state index in [0.29, 0.717) is 21.5 Å². The Morgan fingerprint density at radius 3 is 2.54 bits per heavy atom. The molecule has 130 valence electrons. The second-order valence-electron chi connectivity index (χ2n) is 5.74. The predicted molar refractivity (Wildman–Crippen MR) is 108 cm³/mol. The van der Waals surface area contributed by atoms with Crippen LogP contribution in [0, 0.1) is 0 Å². The fourth-order valence-corrected chi connectivity index (χ4v) is 3.91. The summed E-state index contributed by atoms with van der Waals surface area (Å²) >= 11 is 12.3. The van der Waals surface area contributed by atoms with Gasteiger partial charge in [-0.05, 0) is 23.8 Å². The second-order valence-corrected chi connectivity index (χ2v) is 7.79. The largest absolute Gasteiger partial charge is 0.302 e. The van der Waals surface area contributed by atoms with Crippen LogP contribution in [0.15, 0.2) is 53.6 Å². The number of halogens is 1. The third kappa shape index (κ3) is 3.02. The van der Waals surface area contributed by atoms with Crippen LogP contribution in [0.2, 0.25) is 5.02 Å². The number of rotatable bonds is 3. The van der Waals surface area contributed by atoms with Crippen molar-refractivity contribution < 1.29 is 9.59 Å². The van der Waals surface area contributed by atoms with Gasteiger partial charge in [-0.3, -0.25) is 9.59 Å². The van der Waals surface area contributed by atoms with Crippen molar-refractivity contribution in [1.82, 2.24) is 5.01 Å². The number of carbonyl (C=O) groups is 2. The Hall–Kier alpha value is -2.22. The number of amides is 2. The average Bonchev–Trinajstić information content (AvgIpc) is 3.10. The molecule has 0 spiro atoms. The summed E-state index contributed by atoms with van der Waals surface area (Å²) in [5.74, 6) is -0.220.